The van der Waals surface area contributed by atoms with Crippen molar-refractivity contribution in [2.45, 2.75) is 25.0 Å². The van der Waals surface area contributed by atoms with Gasteiger partial charge in [-0.05, 0) is 30.2 Å². The molecule has 5 nitrogen and oxygen atoms in total. The lowest BCUT2D eigenvalue weighted by molar-refractivity contribution is -0.121. The SMILES string of the molecule is N#Cc1ccccc1CSCCNC(=O)CCCc1nc2ccccc2[nH]1. The third kappa shape index (κ3) is 5.60. The van der Waals surface area contributed by atoms with Crippen molar-refractivity contribution in [3.63, 3.8) is 0 Å². The fourth-order valence-electron chi connectivity index (χ4n) is 2.83. The molecule has 0 bridgehead atoms. The van der Waals surface area contributed by atoms with Gasteiger partial charge in [-0.1, -0.05) is 30.3 Å². The first-order valence-corrected chi connectivity index (χ1v) is 10.2. The molecule has 0 radical (unpaired) electrons. The van der Waals surface area contributed by atoms with Crippen LogP contribution in [-0.2, 0) is 17.0 Å². The summed E-state index contributed by atoms with van der Waals surface area (Å²) in [5, 5.41) is 12.0. The Balaban J connectivity index is 1.30. The molecule has 0 aliphatic rings. The molecule has 27 heavy (non-hydrogen) atoms. The lowest BCUT2D eigenvalue weighted by atomic mass is 10.1. The quantitative estimate of drug-likeness (QED) is 0.555. The van der Waals surface area contributed by atoms with E-state index in [-0.39, 0.29) is 5.91 Å². The Labute approximate surface area is 163 Å². The van der Waals surface area contributed by atoms with Gasteiger partial charge in [-0.3, -0.25) is 4.79 Å². The van der Waals surface area contributed by atoms with E-state index >= 15 is 0 Å². The molecular formula is C21H22N4OS. The van der Waals surface area contributed by atoms with Crippen molar-refractivity contribution in [3.05, 3.63) is 65.5 Å². The van der Waals surface area contributed by atoms with Gasteiger partial charge in [0.2, 0.25) is 5.91 Å². The minimum Gasteiger partial charge on any atom is -0.355 e. The summed E-state index contributed by atoms with van der Waals surface area (Å²) in [6.07, 6.45) is 2.04. The standard InChI is InChI=1S/C21H22N4OS/c22-14-16-6-1-2-7-17(16)15-27-13-12-23-21(26)11-5-10-20-24-18-8-3-4-9-19(18)25-20/h1-4,6-9H,5,10-13,15H2,(H,23,26)(H,24,25). The molecule has 2 aromatic carbocycles. The van der Waals surface area contributed by atoms with E-state index in [2.05, 4.69) is 21.4 Å². The minimum absolute atomic E-state index is 0.0733. The molecular weight excluding hydrogens is 356 g/mol. The molecule has 2 N–H and O–H groups in total. The number of fused-ring (bicyclic) bond motifs is 1. The minimum atomic E-state index is 0.0733. The first kappa shape index (κ1) is 19.0. The van der Waals surface area contributed by atoms with Gasteiger partial charge in [0.1, 0.15) is 5.82 Å². The summed E-state index contributed by atoms with van der Waals surface area (Å²) in [6.45, 7) is 0.642. The fourth-order valence-corrected chi connectivity index (χ4v) is 3.69. The number of carbonyl (C=O) groups excluding carboxylic acids is 1. The second kappa shape index (κ2) is 9.79. The molecule has 0 saturated heterocycles. The molecule has 1 heterocycles. The van der Waals surface area contributed by atoms with Gasteiger partial charge in [-0.2, -0.15) is 17.0 Å². The number of para-hydroxylation sites is 2. The Hall–Kier alpha value is -2.78. The number of nitriles is 1. The van der Waals surface area contributed by atoms with Gasteiger partial charge in [0.25, 0.3) is 0 Å². The van der Waals surface area contributed by atoms with Crippen LogP contribution in [0.4, 0.5) is 0 Å². The lowest BCUT2D eigenvalue weighted by Gasteiger charge is -2.06. The van der Waals surface area contributed by atoms with Crippen LogP contribution in [0.3, 0.4) is 0 Å². The number of aryl methyl sites for hydroxylation is 1. The largest absolute Gasteiger partial charge is 0.355 e. The number of nitrogens with zero attached hydrogens (tertiary/aromatic N) is 2. The van der Waals surface area contributed by atoms with Gasteiger partial charge in [-0.15, -0.1) is 0 Å². The topological polar surface area (TPSA) is 81.6 Å². The second-order valence-electron chi connectivity index (χ2n) is 6.23. The molecule has 3 aromatic rings. The zero-order valence-corrected chi connectivity index (χ0v) is 15.9. The Morgan fingerprint density at radius 2 is 2.00 bits per heavy atom. The molecule has 6 heteroatoms. The number of rotatable bonds is 9. The van der Waals surface area contributed by atoms with Gasteiger partial charge < -0.3 is 10.3 Å². The van der Waals surface area contributed by atoms with Crippen LogP contribution >= 0.6 is 11.8 Å². The molecule has 0 aliphatic carbocycles. The highest BCUT2D eigenvalue weighted by Gasteiger charge is 2.05. The third-order valence-corrected chi connectivity index (χ3v) is 5.23. The summed E-state index contributed by atoms with van der Waals surface area (Å²) >= 11 is 1.72. The first-order valence-electron chi connectivity index (χ1n) is 9.02. The molecule has 0 atom stereocenters. The van der Waals surface area contributed by atoms with Gasteiger partial charge in [-0.25, -0.2) is 4.98 Å². The van der Waals surface area contributed by atoms with Crippen LogP contribution in [0.1, 0.15) is 29.8 Å². The summed E-state index contributed by atoms with van der Waals surface area (Å²) in [7, 11) is 0. The number of nitrogens with one attached hydrogen (secondary N) is 2. The van der Waals surface area contributed by atoms with Crippen molar-refractivity contribution in [2.75, 3.05) is 12.3 Å². The van der Waals surface area contributed by atoms with Gasteiger partial charge in [0, 0.05) is 30.9 Å². The number of carbonyl (C=O) groups is 1. The van der Waals surface area contributed by atoms with Crippen LogP contribution in [0.2, 0.25) is 0 Å². The highest BCUT2D eigenvalue weighted by Crippen LogP contribution is 2.15. The van der Waals surface area contributed by atoms with Crippen molar-refractivity contribution in [2.24, 2.45) is 0 Å². The number of hydrogen-bond acceptors (Lipinski definition) is 4. The van der Waals surface area contributed by atoms with Crippen LogP contribution in [0.25, 0.3) is 11.0 Å². The van der Waals surface area contributed by atoms with Crippen LogP contribution in [-0.4, -0.2) is 28.2 Å². The van der Waals surface area contributed by atoms with Crippen molar-refractivity contribution in [1.82, 2.24) is 15.3 Å². The number of aromatic nitrogens is 2. The molecule has 0 saturated carbocycles. The van der Waals surface area contributed by atoms with Crippen LogP contribution in [0.15, 0.2) is 48.5 Å². The number of imidazole rings is 1. The lowest BCUT2D eigenvalue weighted by Crippen LogP contribution is -2.25. The molecule has 3 rings (SSSR count). The summed E-state index contributed by atoms with van der Waals surface area (Å²) in [5.41, 5.74) is 3.76. The maximum Gasteiger partial charge on any atom is 0.220 e. The molecule has 1 amide bonds. The van der Waals surface area contributed by atoms with Crippen LogP contribution < -0.4 is 5.32 Å². The van der Waals surface area contributed by atoms with E-state index in [0.29, 0.717) is 13.0 Å². The second-order valence-corrected chi connectivity index (χ2v) is 7.33. The van der Waals surface area contributed by atoms with E-state index in [0.717, 1.165) is 52.3 Å². The molecule has 0 unspecified atom stereocenters. The zero-order chi connectivity index (χ0) is 18.9. The van der Waals surface area contributed by atoms with Gasteiger partial charge in [0.15, 0.2) is 0 Å². The number of thioether (sulfide) groups is 1. The summed E-state index contributed by atoms with van der Waals surface area (Å²) < 4.78 is 0. The molecule has 0 fully saturated rings. The van der Waals surface area contributed by atoms with Gasteiger partial charge in [0.05, 0.1) is 22.7 Å². The van der Waals surface area contributed by atoms with E-state index in [9.17, 15) is 4.79 Å². The van der Waals surface area contributed by atoms with E-state index in [4.69, 9.17) is 5.26 Å². The van der Waals surface area contributed by atoms with Gasteiger partial charge >= 0.3 is 0 Å². The molecule has 138 valence electrons. The summed E-state index contributed by atoms with van der Waals surface area (Å²) in [4.78, 5) is 19.8. The van der Waals surface area contributed by atoms with Crippen molar-refractivity contribution in [1.29, 1.82) is 5.26 Å². The number of amides is 1. The Morgan fingerprint density at radius 1 is 1.19 bits per heavy atom. The maximum atomic E-state index is 11.9. The third-order valence-electron chi connectivity index (χ3n) is 4.22. The molecule has 0 aliphatic heterocycles. The summed E-state index contributed by atoms with van der Waals surface area (Å²) in [6, 6.07) is 17.8. The monoisotopic (exact) mass is 378 g/mol. The average Bonchev–Trinajstić information content (AvgIpc) is 3.11. The Morgan fingerprint density at radius 3 is 2.85 bits per heavy atom. The van der Waals surface area contributed by atoms with E-state index < -0.39 is 0 Å². The maximum absolute atomic E-state index is 11.9. The van der Waals surface area contributed by atoms with Crippen molar-refractivity contribution in [3.8, 4) is 6.07 Å². The van der Waals surface area contributed by atoms with Crippen molar-refractivity contribution < 1.29 is 4.79 Å². The van der Waals surface area contributed by atoms with Crippen LogP contribution in [0.5, 0.6) is 0 Å². The molecule has 0 spiro atoms. The zero-order valence-electron chi connectivity index (χ0n) is 15.1. The normalized spacial score (nSPS) is 10.6. The highest BCUT2D eigenvalue weighted by molar-refractivity contribution is 7.98. The average molecular weight is 379 g/mol. The number of H-pyrrole nitrogens is 1. The predicted molar refractivity (Wildman–Crippen MR) is 109 cm³/mol. The van der Waals surface area contributed by atoms with E-state index in [1.807, 2.05) is 48.5 Å². The molecule has 1 aromatic heterocycles. The number of hydrogen-bond donors (Lipinski definition) is 2. The van der Waals surface area contributed by atoms with Crippen LogP contribution in [0, 0.1) is 11.3 Å². The fraction of sp³-hybridized carbons (Fsp3) is 0.286. The Bertz CT molecular complexity index is 912. The summed E-state index contributed by atoms with van der Waals surface area (Å²) in [5.74, 6) is 2.61. The number of benzene rings is 2. The van der Waals surface area contributed by atoms with E-state index in [1.165, 1.54) is 0 Å². The van der Waals surface area contributed by atoms with E-state index in [1.54, 1.807) is 11.8 Å². The smallest absolute Gasteiger partial charge is 0.220 e. The van der Waals surface area contributed by atoms with Crippen molar-refractivity contribution >= 4 is 28.7 Å². The predicted octanol–water partition coefficient (Wildman–Crippen LogP) is 3.81. The first-order chi connectivity index (χ1) is 13.3. The highest BCUT2D eigenvalue weighted by atomic mass is 32.2. The number of aromatic amines is 1. The Kier molecular flexibility index (Phi) is 6.89.